The summed E-state index contributed by atoms with van der Waals surface area (Å²) in [5.74, 6) is -0.947. The maximum absolute atomic E-state index is 14.4. The average Bonchev–Trinajstić information content (AvgIpc) is 3.17. The van der Waals surface area contributed by atoms with Gasteiger partial charge in [-0.05, 0) is 54.4 Å². The summed E-state index contributed by atoms with van der Waals surface area (Å²) in [7, 11) is 0. The maximum Gasteiger partial charge on any atom is 0.417 e. The van der Waals surface area contributed by atoms with Crippen molar-refractivity contribution in [3.05, 3.63) is 89.1 Å². The Morgan fingerprint density at radius 2 is 1.88 bits per heavy atom. The lowest BCUT2D eigenvalue weighted by molar-refractivity contribution is 0.555. The molecule has 0 fully saturated rings. The monoisotopic (exact) mass is 428 g/mol. The van der Waals surface area contributed by atoms with E-state index in [-0.39, 0.29) is 11.8 Å². The molecule has 0 unspecified atom stereocenters. The summed E-state index contributed by atoms with van der Waals surface area (Å²) >= 11 is 0. The zero-order valence-corrected chi connectivity index (χ0v) is 16.9. The van der Waals surface area contributed by atoms with Gasteiger partial charge in [-0.2, -0.15) is 4.98 Å². The number of rotatable bonds is 5. The van der Waals surface area contributed by atoms with E-state index in [0.29, 0.717) is 16.8 Å². The van der Waals surface area contributed by atoms with Gasteiger partial charge >= 0.3 is 5.76 Å². The summed E-state index contributed by atoms with van der Waals surface area (Å²) in [6, 6.07) is 14.6. The standard InChI is InChI=1S/C23H17FN6O2/c1-13-4-5-15(9-17(13)14-3-2-8-25-11-14)28-22-26-12-18(24)21(30-22)27-16-6-7-20-19(10-16)29-23(31)32-20/h2-12H,1H3,(H,29,31)(H2,26,27,28,30). The van der Waals surface area contributed by atoms with Gasteiger partial charge in [0.1, 0.15) is 0 Å². The number of H-pyrrole nitrogens is 1. The van der Waals surface area contributed by atoms with Crippen LogP contribution in [-0.4, -0.2) is 19.9 Å². The number of aromatic nitrogens is 4. The highest BCUT2D eigenvalue weighted by atomic mass is 19.1. The zero-order valence-electron chi connectivity index (χ0n) is 16.9. The summed E-state index contributed by atoms with van der Waals surface area (Å²) in [6.45, 7) is 2.02. The molecule has 2 aromatic carbocycles. The summed E-state index contributed by atoms with van der Waals surface area (Å²) in [5, 5.41) is 6.02. The van der Waals surface area contributed by atoms with Crippen LogP contribution in [0.25, 0.3) is 22.2 Å². The molecule has 0 bridgehead atoms. The number of aryl methyl sites for hydroxylation is 1. The van der Waals surface area contributed by atoms with Crippen LogP contribution in [0.4, 0.5) is 27.5 Å². The van der Waals surface area contributed by atoms with Crippen molar-refractivity contribution in [1.29, 1.82) is 0 Å². The van der Waals surface area contributed by atoms with E-state index >= 15 is 0 Å². The quantitative estimate of drug-likeness (QED) is 0.365. The van der Waals surface area contributed by atoms with Crippen LogP contribution in [0.2, 0.25) is 0 Å². The van der Waals surface area contributed by atoms with Gasteiger partial charge in [0.25, 0.3) is 0 Å². The molecule has 3 N–H and O–H groups in total. The molecule has 0 radical (unpaired) electrons. The van der Waals surface area contributed by atoms with Gasteiger partial charge in [0.05, 0.1) is 11.7 Å². The number of hydrogen-bond acceptors (Lipinski definition) is 7. The Bertz CT molecular complexity index is 1480. The Hall–Kier alpha value is -4.53. The highest BCUT2D eigenvalue weighted by Crippen LogP contribution is 2.28. The molecular weight excluding hydrogens is 411 g/mol. The number of hydrogen-bond donors (Lipinski definition) is 3. The summed E-state index contributed by atoms with van der Waals surface area (Å²) < 4.78 is 19.3. The third-order valence-electron chi connectivity index (χ3n) is 4.89. The van der Waals surface area contributed by atoms with E-state index in [4.69, 9.17) is 4.42 Å². The first-order valence-electron chi connectivity index (χ1n) is 9.76. The van der Waals surface area contributed by atoms with Gasteiger partial charge in [0.15, 0.2) is 17.2 Å². The molecule has 3 heterocycles. The van der Waals surface area contributed by atoms with Crippen molar-refractivity contribution in [2.75, 3.05) is 10.6 Å². The van der Waals surface area contributed by atoms with E-state index in [1.165, 1.54) is 0 Å². The number of oxazole rings is 1. The molecule has 5 aromatic rings. The largest absolute Gasteiger partial charge is 0.417 e. The fourth-order valence-corrected chi connectivity index (χ4v) is 3.34. The number of anilines is 4. The van der Waals surface area contributed by atoms with Crippen LogP contribution in [0.3, 0.4) is 0 Å². The lowest BCUT2D eigenvalue weighted by Gasteiger charge is -2.12. The first-order chi connectivity index (χ1) is 15.5. The molecule has 32 heavy (non-hydrogen) atoms. The Labute approximate surface area is 181 Å². The molecule has 0 aliphatic rings. The van der Waals surface area contributed by atoms with Gasteiger partial charge in [0, 0.05) is 29.3 Å². The van der Waals surface area contributed by atoms with Gasteiger partial charge in [0.2, 0.25) is 5.95 Å². The van der Waals surface area contributed by atoms with E-state index < -0.39 is 11.6 Å². The summed E-state index contributed by atoms with van der Waals surface area (Å²) in [5.41, 5.74) is 5.30. The molecule has 0 atom stereocenters. The van der Waals surface area contributed by atoms with Crippen LogP contribution >= 0.6 is 0 Å². The van der Waals surface area contributed by atoms with Crippen molar-refractivity contribution < 1.29 is 8.81 Å². The van der Waals surface area contributed by atoms with Crippen LogP contribution in [0.15, 0.2) is 76.3 Å². The molecule has 5 rings (SSSR count). The first-order valence-corrected chi connectivity index (χ1v) is 9.76. The molecule has 0 spiro atoms. The maximum atomic E-state index is 14.4. The van der Waals surface area contributed by atoms with E-state index in [1.54, 1.807) is 30.6 Å². The zero-order chi connectivity index (χ0) is 22.1. The highest BCUT2D eigenvalue weighted by Gasteiger charge is 2.10. The molecule has 3 aromatic heterocycles. The van der Waals surface area contributed by atoms with Crippen LogP contribution in [0.5, 0.6) is 0 Å². The number of nitrogens with zero attached hydrogens (tertiary/aromatic N) is 3. The second-order valence-electron chi connectivity index (χ2n) is 7.14. The third-order valence-corrected chi connectivity index (χ3v) is 4.89. The van der Waals surface area contributed by atoms with Crippen LogP contribution in [0, 0.1) is 12.7 Å². The van der Waals surface area contributed by atoms with E-state index in [9.17, 15) is 9.18 Å². The molecule has 0 saturated heterocycles. The second-order valence-corrected chi connectivity index (χ2v) is 7.14. The number of fused-ring (bicyclic) bond motifs is 1. The molecule has 0 aliphatic heterocycles. The minimum absolute atomic E-state index is 0.00714. The Balaban J connectivity index is 1.42. The van der Waals surface area contributed by atoms with E-state index in [0.717, 1.165) is 28.6 Å². The van der Waals surface area contributed by atoms with E-state index in [2.05, 4.69) is 30.6 Å². The average molecular weight is 428 g/mol. The van der Waals surface area contributed by atoms with Crippen molar-refractivity contribution in [3.8, 4) is 11.1 Å². The predicted octanol–water partition coefficient (Wildman–Crippen LogP) is 4.91. The number of pyridine rings is 1. The number of aromatic amines is 1. The number of halogens is 1. The minimum Gasteiger partial charge on any atom is -0.408 e. The van der Waals surface area contributed by atoms with Crippen LogP contribution in [0.1, 0.15) is 5.56 Å². The fraction of sp³-hybridized carbons (Fsp3) is 0.0435. The Morgan fingerprint density at radius 1 is 1.03 bits per heavy atom. The van der Waals surface area contributed by atoms with Crippen molar-refractivity contribution in [3.63, 3.8) is 0 Å². The molecular formula is C23H17FN6O2. The van der Waals surface area contributed by atoms with Gasteiger partial charge in [-0.25, -0.2) is 14.2 Å². The SMILES string of the molecule is Cc1ccc(Nc2ncc(F)c(Nc3ccc4oc(=O)[nH]c4c3)n2)cc1-c1cccnc1. The normalized spacial score (nSPS) is 10.9. The fourth-order valence-electron chi connectivity index (χ4n) is 3.34. The van der Waals surface area contributed by atoms with Gasteiger partial charge < -0.3 is 15.1 Å². The first kappa shape index (κ1) is 19.4. The summed E-state index contributed by atoms with van der Waals surface area (Å²) in [4.78, 5) is 26.4. The number of benzene rings is 2. The predicted molar refractivity (Wildman–Crippen MR) is 120 cm³/mol. The lowest BCUT2D eigenvalue weighted by atomic mass is 10.0. The molecule has 158 valence electrons. The van der Waals surface area contributed by atoms with Crippen molar-refractivity contribution in [2.24, 2.45) is 0 Å². The van der Waals surface area contributed by atoms with E-state index in [1.807, 2.05) is 37.3 Å². The van der Waals surface area contributed by atoms with Crippen molar-refractivity contribution in [1.82, 2.24) is 19.9 Å². The Morgan fingerprint density at radius 3 is 2.72 bits per heavy atom. The topological polar surface area (TPSA) is 109 Å². The molecule has 9 heteroatoms. The van der Waals surface area contributed by atoms with Gasteiger partial charge in [-0.15, -0.1) is 0 Å². The minimum atomic E-state index is -0.615. The molecule has 8 nitrogen and oxygen atoms in total. The van der Waals surface area contributed by atoms with Gasteiger partial charge in [-0.3, -0.25) is 9.97 Å². The van der Waals surface area contributed by atoms with Crippen LogP contribution < -0.4 is 16.4 Å². The molecule has 0 saturated carbocycles. The molecule has 0 amide bonds. The summed E-state index contributed by atoms with van der Waals surface area (Å²) in [6.07, 6.45) is 4.61. The third kappa shape index (κ3) is 3.91. The van der Waals surface area contributed by atoms with Crippen LogP contribution in [-0.2, 0) is 0 Å². The van der Waals surface area contributed by atoms with Gasteiger partial charge in [-0.1, -0.05) is 12.1 Å². The second kappa shape index (κ2) is 7.95. The van der Waals surface area contributed by atoms with Crippen molar-refractivity contribution >= 4 is 34.2 Å². The highest BCUT2D eigenvalue weighted by molar-refractivity contribution is 5.78. The van der Waals surface area contributed by atoms with Crippen molar-refractivity contribution in [2.45, 2.75) is 6.92 Å². The Kier molecular flexibility index (Phi) is 4.83. The lowest BCUT2D eigenvalue weighted by Crippen LogP contribution is -2.03. The molecule has 0 aliphatic carbocycles. The number of nitrogens with one attached hydrogen (secondary N) is 3. The smallest absolute Gasteiger partial charge is 0.408 e.